The van der Waals surface area contributed by atoms with E-state index in [0.29, 0.717) is 5.88 Å². The highest BCUT2D eigenvalue weighted by molar-refractivity contribution is 7.97. The second kappa shape index (κ2) is 15.6. The third kappa shape index (κ3) is 34.7. The molecule has 0 aromatic rings. The molecule has 0 atom stereocenters. The van der Waals surface area contributed by atoms with E-state index >= 15 is 0 Å². The molecule has 0 saturated heterocycles. The first-order valence-corrected chi connectivity index (χ1v) is 2.90. The number of nitrogens with two attached hydrogens (primary N) is 2. The monoisotopic (exact) mass is 154 g/mol. The Hall–Kier alpha value is -0.340. The number of carboxylic acid groups (broad SMARTS) is 1. The van der Waals surface area contributed by atoms with Gasteiger partial charge in [0, 0.05) is 0 Å². The van der Waals surface area contributed by atoms with Gasteiger partial charge in [-0.25, -0.2) is 10.3 Å². The zero-order valence-electron chi connectivity index (χ0n) is 4.70. The molecule has 0 aliphatic heterocycles. The van der Waals surface area contributed by atoms with Crippen LogP contribution in [0, 0.1) is 0 Å². The molecule has 7 N–H and O–H groups in total. The summed E-state index contributed by atoms with van der Waals surface area (Å²) >= 11 is 1.30. The zero-order chi connectivity index (χ0) is 7.54. The molecule has 9 heavy (non-hydrogen) atoms. The lowest BCUT2D eigenvalue weighted by molar-refractivity contribution is -0.122. The van der Waals surface area contributed by atoms with Crippen LogP contribution in [0.3, 0.4) is 0 Å². The number of hydrogen-bond donors (Lipinski definition) is 5. The summed E-state index contributed by atoms with van der Waals surface area (Å²) in [5.41, 5.74) is 2.39. The van der Waals surface area contributed by atoms with Gasteiger partial charge >= 0.3 is 0 Å². The van der Waals surface area contributed by atoms with Gasteiger partial charge in [0.25, 0.3) is 6.47 Å². The molecule has 0 rings (SSSR count). The Morgan fingerprint density at radius 1 is 1.67 bits per heavy atom. The summed E-state index contributed by atoms with van der Waals surface area (Å²) in [6, 6.07) is 0. The summed E-state index contributed by atoms with van der Waals surface area (Å²) in [4.78, 5) is 10.7. The number of carbonyl (C=O) groups is 1. The molecule has 0 saturated carbocycles. The molecule has 0 amide bonds. The first kappa shape index (κ1) is 11.5. The van der Waals surface area contributed by atoms with Gasteiger partial charge in [-0.2, -0.15) is 0 Å². The maximum Gasteiger partial charge on any atom is 0.290 e. The van der Waals surface area contributed by atoms with E-state index < -0.39 is 0 Å². The van der Waals surface area contributed by atoms with Crippen molar-refractivity contribution in [2.24, 2.45) is 11.7 Å². The van der Waals surface area contributed by atoms with Gasteiger partial charge in [0.05, 0.1) is 5.88 Å². The van der Waals surface area contributed by atoms with Crippen LogP contribution in [0.5, 0.6) is 0 Å². The lowest BCUT2D eigenvalue weighted by Gasteiger charge is -1.91. The van der Waals surface area contributed by atoms with E-state index in [9.17, 15) is 0 Å². The standard InChI is InChI=1S/CH8N4S.CH2O2/c2-4-1-6-5-3;2-1-3/h4-5H,1-3H2;1H,(H,2,3). The van der Waals surface area contributed by atoms with Crippen molar-refractivity contribution in [1.29, 1.82) is 0 Å². The minimum atomic E-state index is -0.250. The minimum absolute atomic E-state index is 0.250. The van der Waals surface area contributed by atoms with Crippen LogP contribution in [0.25, 0.3) is 0 Å². The van der Waals surface area contributed by atoms with Gasteiger partial charge in [0.15, 0.2) is 0 Å². The van der Waals surface area contributed by atoms with Gasteiger partial charge in [0.2, 0.25) is 0 Å². The van der Waals surface area contributed by atoms with Crippen molar-refractivity contribution in [3.05, 3.63) is 0 Å². The van der Waals surface area contributed by atoms with E-state index in [4.69, 9.17) is 21.6 Å². The largest absolute Gasteiger partial charge is 0.483 e. The van der Waals surface area contributed by atoms with E-state index in [1.54, 1.807) is 0 Å². The predicted octanol–water partition coefficient (Wildman–Crippen LogP) is -1.78. The summed E-state index contributed by atoms with van der Waals surface area (Å²) in [6.45, 7) is -0.250. The minimum Gasteiger partial charge on any atom is -0.483 e. The van der Waals surface area contributed by atoms with E-state index in [-0.39, 0.29) is 6.47 Å². The van der Waals surface area contributed by atoms with Gasteiger partial charge < -0.3 is 5.11 Å². The van der Waals surface area contributed by atoms with Crippen LogP contribution < -0.4 is 21.9 Å². The van der Waals surface area contributed by atoms with Gasteiger partial charge in [-0.3, -0.25) is 16.5 Å². The van der Waals surface area contributed by atoms with Crippen LogP contribution in [-0.4, -0.2) is 17.5 Å². The summed E-state index contributed by atoms with van der Waals surface area (Å²) in [7, 11) is 0. The number of nitrogens with one attached hydrogen (secondary N) is 2. The summed E-state index contributed by atoms with van der Waals surface area (Å²) in [5.74, 6) is 10.3. The fourth-order valence-corrected chi connectivity index (χ4v) is 0.250. The molecule has 0 spiro atoms. The molecular weight excluding hydrogens is 144 g/mol. The molecule has 6 nitrogen and oxygen atoms in total. The second-order valence-electron chi connectivity index (χ2n) is 0.716. The first-order chi connectivity index (χ1) is 4.33. The van der Waals surface area contributed by atoms with Gasteiger partial charge in [-0.1, -0.05) is 11.9 Å². The molecule has 7 heteroatoms. The fourth-order valence-electron chi connectivity index (χ4n) is 0.0833. The maximum atomic E-state index is 8.36. The van der Waals surface area contributed by atoms with E-state index in [0.717, 1.165) is 0 Å². The third-order valence-corrected chi connectivity index (χ3v) is 0.717. The second-order valence-corrected chi connectivity index (χ2v) is 1.53. The molecule has 0 aromatic carbocycles. The average molecular weight is 154 g/mol. The van der Waals surface area contributed by atoms with Crippen LogP contribution in [0.15, 0.2) is 0 Å². The number of hydrazine groups is 2. The van der Waals surface area contributed by atoms with Crippen LogP contribution >= 0.6 is 11.9 Å². The number of rotatable bonds is 3. The first-order valence-electron chi connectivity index (χ1n) is 1.92. The molecule has 56 valence electrons. The Balaban J connectivity index is 0. The Bertz CT molecular complexity index is 49.8. The smallest absolute Gasteiger partial charge is 0.290 e. The quantitative estimate of drug-likeness (QED) is 0.0815. The van der Waals surface area contributed by atoms with Crippen molar-refractivity contribution < 1.29 is 9.90 Å². The highest BCUT2D eigenvalue weighted by Crippen LogP contribution is 1.78. The average Bonchev–Trinajstić information content (AvgIpc) is 1.86. The third-order valence-electron chi connectivity index (χ3n) is 0.239. The van der Waals surface area contributed by atoms with Crippen molar-refractivity contribution >= 4 is 18.4 Å². The van der Waals surface area contributed by atoms with Crippen molar-refractivity contribution in [1.82, 2.24) is 10.3 Å². The normalized spacial score (nSPS) is 7.33. The van der Waals surface area contributed by atoms with E-state index in [1.807, 2.05) is 0 Å². The van der Waals surface area contributed by atoms with Crippen LogP contribution in [0.1, 0.15) is 0 Å². The lowest BCUT2D eigenvalue weighted by atomic mass is 11.5. The van der Waals surface area contributed by atoms with Crippen LogP contribution in [0.4, 0.5) is 0 Å². The van der Waals surface area contributed by atoms with Crippen LogP contribution in [0.2, 0.25) is 0 Å². The summed E-state index contributed by atoms with van der Waals surface area (Å²) in [6.07, 6.45) is 0. The lowest BCUT2D eigenvalue weighted by Crippen LogP contribution is -2.25. The highest BCUT2D eigenvalue weighted by atomic mass is 32.2. The fraction of sp³-hybridized carbons (Fsp3) is 0.500. The molecule has 0 bridgehead atoms. The molecule has 0 radical (unpaired) electrons. The molecule has 0 aliphatic carbocycles. The van der Waals surface area contributed by atoms with Gasteiger partial charge in [-0.15, -0.1) is 0 Å². The van der Waals surface area contributed by atoms with E-state index in [2.05, 4.69) is 10.3 Å². The Morgan fingerprint density at radius 3 is 2.22 bits per heavy atom. The van der Waals surface area contributed by atoms with Crippen molar-refractivity contribution in [2.45, 2.75) is 0 Å². The maximum absolute atomic E-state index is 8.36. The Labute approximate surface area is 57.0 Å². The zero-order valence-corrected chi connectivity index (χ0v) is 5.52. The molecule has 0 fully saturated rings. The SMILES string of the molecule is NNCSNN.O=CO. The Kier molecular flexibility index (Phi) is 19.9. The summed E-state index contributed by atoms with van der Waals surface area (Å²) in [5, 5.41) is 6.89. The van der Waals surface area contributed by atoms with Crippen molar-refractivity contribution in [2.75, 3.05) is 5.88 Å². The number of hydrogen-bond acceptors (Lipinski definition) is 6. The molecular formula is C2H10N4O2S. The van der Waals surface area contributed by atoms with Crippen molar-refractivity contribution in [3.8, 4) is 0 Å². The summed E-state index contributed by atoms with van der Waals surface area (Å²) < 4.78 is 0. The van der Waals surface area contributed by atoms with Gasteiger partial charge in [0.1, 0.15) is 0 Å². The predicted molar refractivity (Wildman–Crippen MR) is 35.8 cm³/mol. The topological polar surface area (TPSA) is 113 Å². The molecule has 0 heterocycles. The van der Waals surface area contributed by atoms with Gasteiger partial charge in [-0.05, 0) is 0 Å². The molecule has 0 aliphatic rings. The Morgan fingerprint density at radius 2 is 2.11 bits per heavy atom. The van der Waals surface area contributed by atoms with E-state index in [1.165, 1.54) is 11.9 Å². The molecule has 0 aromatic heterocycles. The highest BCUT2D eigenvalue weighted by Gasteiger charge is 1.71. The van der Waals surface area contributed by atoms with Crippen molar-refractivity contribution in [3.63, 3.8) is 0 Å². The molecule has 0 unspecified atom stereocenters. The van der Waals surface area contributed by atoms with Crippen LogP contribution in [-0.2, 0) is 4.79 Å².